The van der Waals surface area contributed by atoms with Crippen molar-refractivity contribution in [2.45, 2.75) is 40.0 Å². The highest BCUT2D eigenvalue weighted by Gasteiger charge is 2.12. The van der Waals surface area contributed by atoms with Crippen LogP contribution in [0.1, 0.15) is 40.1 Å². The Hall–Kier alpha value is -2.46. The van der Waals surface area contributed by atoms with E-state index in [2.05, 4.69) is 72.9 Å². The molecule has 1 N–H and O–H groups in total. The summed E-state index contributed by atoms with van der Waals surface area (Å²) in [5.74, 6) is 1.12. The van der Waals surface area contributed by atoms with Crippen molar-refractivity contribution < 1.29 is 0 Å². The van der Waals surface area contributed by atoms with Gasteiger partial charge in [-0.1, -0.05) is 35.9 Å². The predicted octanol–water partition coefficient (Wildman–Crippen LogP) is 5.93. The fourth-order valence-corrected chi connectivity index (χ4v) is 4.24. The number of aliphatic imine (C=N–C) groups is 1. The number of aryl methyl sites for hydroxylation is 3. The van der Waals surface area contributed by atoms with E-state index in [1.807, 2.05) is 0 Å². The van der Waals surface area contributed by atoms with Gasteiger partial charge in [0.25, 0.3) is 0 Å². The van der Waals surface area contributed by atoms with Gasteiger partial charge in [-0.05, 0) is 49.9 Å². The number of hydrogen-bond donors (Lipinski definition) is 1. The molecule has 0 bridgehead atoms. The van der Waals surface area contributed by atoms with E-state index < -0.39 is 0 Å². The Balaban J connectivity index is 1.52. The summed E-state index contributed by atoms with van der Waals surface area (Å²) in [6, 6.07) is 13.1. The van der Waals surface area contributed by atoms with E-state index in [0.717, 1.165) is 42.3 Å². The maximum atomic E-state index is 4.87. The molecule has 0 saturated carbocycles. The lowest BCUT2D eigenvalue weighted by molar-refractivity contribution is 0.951. The van der Waals surface area contributed by atoms with Gasteiger partial charge in [0.2, 0.25) is 0 Å². The number of nitrogens with one attached hydrogen (secondary N) is 1. The van der Waals surface area contributed by atoms with Crippen molar-refractivity contribution >= 4 is 22.9 Å². The lowest BCUT2D eigenvalue weighted by Crippen LogP contribution is -2.10. The van der Waals surface area contributed by atoms with E-state index >= 15 is 0 Å². The molecule has 1 aliphatic rings. The molecule has 3 nitrogen and oxygen atoms in total. The molecule has 27 heavy (non-hydrogen) atoms. The molecule has 1 aromatic heterocycles. The fourth-order valence-electron chi connectivity index (χ4n) is 3.41. The minimum atomic E-state index is 0.879. The number of aromatic nitrogens is 1. The molecule has 2 aromatic carbocycles. The van der Waals surface area contributed by atoms with Crippen LogP contribution in [0.3, 0.4) is 0 Å². The predicted molar refractivity (Wildman–Crippen MR) is 116 cm³/mol. The molecular weight excluding hydrogens is 350 g/mol. The molecule has 1 aliphatic heterocycles. The molecular formula is C23H25N3S. The third-order valence-corrected chi connectivity index (χ3v) is 5.93. The minimum Gasteiger partial charge on any atom is -0.344 e. The van der Waals surface area contributed by atoms with Gasteiger partial charge in [-0.2, -0.15) is 0 Å². The first-order chi connectivity index (χ1) is 13.1. The normalized spacial score (nSPS) is 13.7. The Labute approximate surface area is 165 Å². The van der Waals surface area contributed by atoms with Crippen LogP contribution in [0.5, 0.6) is 0 Å². The number of rotatable bonds is 4. The summed E-state index contributed by atoms with van der Waals surface area (Å²) < 4.78 is 0. The van der Waals surface area contributed by atoms with Gasteiger partial charge in [-0.25, -0.2) is 4.98 Å². The van der Waals surface area contributed by atoms with Crippen LogP contribution in [0.4, 0.5) is 5.69 Å². The summed E-state index contributed by atoms with van der Waals surface area (Å²) in [5, 5.41) is 6.83. The van der Waals surface area contributed by atoms with Gasteiger partial charge in [0, 0.05) is 36.0 Å². The number of amidine groups is 1. The van der Waals surface area contributed by atoms with Crippen LogP contribution >= 0.6 is 11.3 Å². The molecule has 0 amide bonds. The third-order valence-electron chi connectivity index (χ3n) is 5.08. The molecule has 0 saturated heterocycles. The van der Waals surface area contributed by atoms with E-state index in [-0.39, 0.29) is 0 Å². The summed E-state index contributed by atoms with van der Waals surface area (Å²) in [7, 11) is 0. The van der Waals surface area contributed by atoms with Crippen molar-refractivity contribution in [1.82, 2.24) is 4.98 Å². The van der Waals surface area contributed by atoms with Crippen molar-refractivity contribution in [2.24, 2.45) is 4.99 Å². The first kappa shape index (κ1) is 17.9. The molecule has 0 radical (unpaired) electrons. The van der Waals surface area contributed by atoms with Gasteiger partial charge in [-0.3, -0.25) is 4.99 Å². The summed E-state index contributed by atoms with van der Waals surface area (Å²) in [4.78, 5) is 9.39. The van der Waals surface area contributed by atoms with Crippen LogP contribution < -0.4 is 5.32 Å². The molecule has 0 aliphatic carbocycles. The molecule has 4 heteroatoms. The smallest absolute Gasteiger partial charge is 0.101 e. The highest BCUT2D eigenvalue weighted by molar-refractivity contribution is 7.10. The molecule has 4 rings (SSSR count). The van der Waals surface area contributed by atoms with Crippen molar-refractivity contribution in [2.75, 3.05) is 11.9 Å². The maximum absolute atomic E-state index is 4.87. The van der Waals surface area contributed by atoms with Crippen LogP contribution in [0.2, 0.25) is 0 Å². The molecule has 0 atom stereocenters. The quantitative estimate of drug-likeness (QED) is 0.613. The van der Waals surface area contributed by atoms with Crippen molar-refractivity contribution in [3.63, 3.8) is 0 Å². The third kappa shape index (κ3) is 4.11. The second kappa shape index (κ2) is 7.65. The minimum absolute atomic E-state index is 0.879. The first-order valence-corrected chi connectivity index (χ1v) is 10.4. The first-order valence-electron chi connectivity index (χ1n) is 9.50. The highest BCUT2D eigenvalue weighted by atomic mass is 32.1. The lowest BCUT2D eigenvalue weighted by atomic mass is 10.0. The Bertz CT molecular complexity index is 983. The van der Waals surface area contributed by atoms with Gasteiger partial charge < -0.3 is 5.32 Å². The Morgan fingerprint density at radius 1 is 1.04 bits per heavy atom. The Morgan fingerprint density at radius 2 is 1.85 bits per heavy atom. The second-order valence-corrected chi connectivity index (χ2v) is 8.26. The number of benzene rings is 2. The summed E-state index contributed by atoms with van der Waals surface area (Å²) >= 11 is 1.74. The fraction of sp³-hybridized carbons (Fsp3) is 0.304. The summed E-state index contributed by atoms with van der Waals surface area (Å²) in [5.41, 5.74) is 8.62. The van der Waals surface area contributed by atoms with Crippen molar-refractivity contribution in [1.29, 1.82) is 0 Å². The SMILES string of the molecule is Cc1ccc(-c2csc(Cc3cc(C)c(NC4=NCCC4)cc3C)n2)cc1. The van der Waals surface area contributed by atoms with Gasteiger partial charge in [-0.15, -0.1) is 11.3 Å². The molecule has 0 unspecified atom stereocenters. The van der Waals surface area contributed by atoms with Gasteiger partial charge >= 0.3 is 0 Å². The van der Waals surface area contributed by atoms with Crippen LogP contribution in [-0.4, -0.2) is 17.4 Å². The van der Waals surface area contributed by atoms with E-state index in [1.165, 1.54) is 33.5 Å². The second-order valence-electron chi connectivity index (χ2n) is 7.32. The standard InChI is InChI=1S/C23H25N3S/c1-15-6-8-18(9-7-15)21-14-27-23(26-21)13-19-11-17(3)20(12-16(19)2)25-22-5-4-10-24-22/h6-9,11-12,14H,4-5,10,13H2,1-3H3,(H,24,25). The number of anilines is 1. The van der Waals surface area contributed by atoms with Gasteiger partial charge in [0.05, 0.1) is 10.7 Å². The van der Waals surface area contributed by atoms with E-state index in [1.54, 1.807) is 11.3 Å². The highest BCUT2D eigenvalue weighted by Crippen LogP contribution is 2.27. The molecule has 0 fully saturated rings. The summed E-state index contributed by atoms with van der Waals surface area (Å²) in [6.07, 6.45) is 3.09. The number of hydrogen-bond acceptors (Lipinski definition) is 4. The van der Waals surface area contributed by atoms with Crippen molar-refractivity contribution in [3.05, 3.63) is 69.0 Å². The molecule has 138 valence electrons. The summed E-state index contributed by atoms with van der Waals surface area (Å²) in [6.45, 7) is 7.41. The zero-order valence-corrected chi connectivity index (χ0v) is 17.0. The lowest BCUT2D eigenvalue weighted by Gasteiger charge is -2.13. The monoisotopic (exact) mass is 375 g/mol. The van der Waals surface area contributed by atoms with Crippen LogP contribution in [0.25, 0.3) is 11.3 Å². The molecule has 3 aromatic rings. The number of nitrogens with zero attached hydrogens (tertiary/aromatic N) is 2. The van der Waals surface area contributed by atoms with E-state index in [0.29, 0.717) is 0 Å². The van der Waals surface area contributed by atoms with Crippen LogP contribution in [0.15, 0.2) is 46.8 Å². The van der Waals surface area contributed by atoms with Crippen molar-refractivity contribution in [3.8, 4) is 11.3 Å². The van der Waals surface area contributed by atoms with E-state index in [4.69, 9.17) is 4.98 Å². The molecule has 2 heterocycles. The Morgan fingerprint density at radius 3 is 2.59 bits per heavy atom. The topological polar surface area (TPSA) is 37.3 Å². The zero-order chi connectivity index (χ0) is 18.8. The zero-order valence-electron chi connectivity index (χ0n) is 16.2. The van der Waals surface area contributed by atoms with Crippen LogP contribution in [-0.2, 0) is 6.42 Å². The van der Waals surface area contributed by atoms with Gasteiger partial charge in [0.15, 0.2) is 0 Å². The number of thiazole rings is 1. The average molecular weight is 376 g/mol. The Kier molecular flexibility index (Phi) is 5.08. The average Bonchev–Trinajstić information content (AvgIpc) is 3.32. The largest absolute Gasteiger partial charge is 0.344 e. The van der Waals surface area contributed by atoms with Gasteiger partial charge in [0.1, 0.15) is 5.84 Å². The van der Waals surface area contributed by atoms with Crippen LogP contribution in [0, 0.1) is 20.8 Å². The van der Waals surface area contributed by atoms with E-state index in [9.17, 15) is 0 Å². The maximum Gasteiger partial charge on any atom is 0.101 e. The molecule has 0 spiro atoms.